The van der Waals surface area contributed by atoms with Gasteiger partial charge in [-0.25, -0.2) is 0 Å². The highest BCUT2D eigenvalue weighted by Gasteiger charge is 1.95. The molecule has 0 fully saturated rings. The second-order valence-corrected chi connectivity index (χ2v) is 2.85. The zero-order valence-electron chi connectivity index (χ0n) is 7.79. The minimum Gasteiger partial charge on any atom is -0.383 e. The minimum atomic E-state index is 0.729. The van der Waals surface area contributed by atoms with E-state index >= 15 is 0 Å². The van der Waals surface area contributed by atoms with Gasteiger partial charge in [0.2, 0.25) is 0 Å². The molecular weight excluding hydrogens is 152 g/mol. The van der Waals surface area contributed by atoms with Gasteiger partial charge >= 0.3 is 0 Å². The Labute approximate surface area is 73.3 Å². The molecule has 0 saturated carbocycles. The molecule has 0 spiro atoms. The van der Waals surface area contributed by atoms with Crippen molar-refractivity contribution >= 4 is 0 Å². The van der Waals surface area contributed by atoms with Crippen LogP contribution in [-0.2, 0) is 17.7 Å². The van der Waals surface area contributed by atoms with E-state index in [9.17, 15) is 0 Å². The lowest BCUT2D eigenvalue weighted by atomic mass is 10.2. The Bertz CT molecular complexity index is 220. The molecule has 0 unspecified atom stereocenters. The summed E-state index contributed by atoms with van der Waals surface area (Å²) in [7, 11) is 1.70. The molecular formula is C9H16N2O. The molecule has 0 amide bonds. The first-order valence-corrected chi connectivity index (χ1v) is 4.37. The van der Waals surface area contributed by atoms with E-state index in [1.54, 1.807) is 7.11 Å². The quantitative estimate of drug-likeness (QED) is 0.666. The van der Waals surface area contributed by atoms with Gasteiger partial charge in [0.15, 0.2) is 0 Å². The fourth-order valence-corrected chi connectivity index (χ4v) is 1.13. The molecule has 3 nitrogen and oxygen atoms in total. The van der Waals surface area contributed by atoms with Crippen molar-refractivity contribution in [2.45, 2.75) is 26.3 Å². The molecule has 0 radical (unpaired) electrons. The average Bonchev–Trinajstić information content (AvgIpc) is 2.50. The summed E-state index contributed by atoms with van der Waals surface area (Å²) in [5.74, 6) is 0. The number of aromatic nitrogens is 2. The van der Waals surface area contributed by atoms with Crippen LogP contribution in [0.4, 0.5) is 0 Å². The molecule has 12 heavy (non-hydrogen) atoms. The second kappa shape index (κ2) is 4.93. The highest BCUT2D eigenvalue weighted by molar-refractivity contribution is 5.03. The van der Waals surface area contributed by atoms with Gasteiger partial charge in [0.1, 0.15) is 0 Å². The number of ether oxygens (including phenoxy) is 1. The first kappa shape index (κ1) is 9.26. The van der Waals surface area contributed by atoms with Crippen LogP contribution in [0.2, 0.25) is 0 Å². The zero-order valence-corrected chi connectivity index (χ0v) is 7.79. The van der Waals surface area contributed by atoms with Crippen LogP contribution in [0.25, 0.3) is 0 Å². The van der Waals surface area contributed by atoms with Gasteiger partial charge in [-0.3, -0.25) is 4.68 Å². The summed E-state index contributed by atoms with van der Waals surface area (Å²) in [5.41, 5.74) is 1.31. The Hall–Kier alpha value is -0.830. The Morgan fingerprint density at radius 1 is 1.58 bits per heavy atom. The fraction of sp³-hybridized carbons (Fsp3) is 0.667. The van der Waals surface area contributed by atoms with Gasteiger partial charge in [-0.1, -0.05) is 13.3 Å². The summed E-state index contributed by atoms with van der Waals surface area (Å²) in [5, 5.41) is 4.21. The van der Waals surface area contributed by atoms with Gasteiger partial charge in [0, 0.05) is 13.3 Å². The molecule has 0 N–H and O–H groups in total. The molecule has 0 atom stereocenters. The maximum absolute atomic E-state index is 4.95. The van der Waals surface area contributed by atoms with Crippen molar-refractivity contribution in [1.29, 1.82) is 0 Å². The summed E-state index contributed by atoms with van der Waals surface area (Å²) < 4.78 is 6.88. The Morgan fingerprint density at radius 3 is 3.08 bits per heavy atom. The van der Waals surface area contributed by atoms with Crippen molar-refractivity contribution in [2.24, 2.45) is 0 Å². The molecule has 0 aromatic carbocycles. The van der Waals surface area contributed by atoms with E-state index < -0.39 is 0 Å². The number of aryl methyl sites for hydroxylation is 1. The monoisotopic (exact) mass is 168 g/mol. The summed E-state index contributed by atoms with van der Waals surface area (Å²) >= 11 is 0. The van der Waals surface area contributed by atoms with Gasteiger partial charge < -0.3 is 4.74 Å². The molecule has 0 aliphatic heterocycles. The molecule has 1 aromatic heterocycles. The van der Waals surface area contributed by atoms with Crippen LogP contribution in [0.1, 0.15) is 18.9 Å². The Morgan fingerprint density at radius 2 is 2.42 bits per heavy atom. The topological polar surface area (TPSA) is 27.1 Å². The first-order chi connectivity index (χ1) is 5.86. The highest BCUT2D eigenvalue weighted by Crippen LogP contribution is 2.00. The van der Waals surface area contributed by atoms with Crippen molar-refractivity contribution in [3.05, 3.63) is 18.0 Å². The fourth-order valence-electron chi connectivity index (χ4n) is 1.13. The summed E-state index contributed by atoms with van der Waals surface area (Å²) in [4.78, 5) is 0. The third kappa shape index (κ3) is 2.66. The van der Waals surface area contributed by atoms with Gasteiger partial charge in [-0.05, 0) is 12.0 Å². The van der Waals surface area contributed by atoms with Crippen LogP contribution >= 0.6 is 0 Å². The third-order valence-electron chi connectivity index (χ3n) is 1.75. The number of hydrogen-bond acceptors (Lipinski definition) is 2. The zero-order chi connectivity index (χ0) is 8.81. The van der Waals surface area contributed by atoms with E-state index in [1.807, 2.05) is 10.9 Å². The van der Waals surface area contributed by atoms with Crippen molar-refractivity contribution in [3.8, 4) is 0 Å². The molecule has 0 aliphatic carbocycles. The van der Waals surface area contributed by atoms with Gasteiger partial charge in [-0.2, -0.15) is 5.10 Å². The van der Waals surface area contributed by atoms with E-state index in [2.05, 4.69) is 18.2 Å². The maximum Gasteiger partial charge on any atom is 0.0658 e. The predicted octanol–water partition coefficient (Wildman–Crippen LogP) is 1.48. The van der Waals surface area contributed by atoms with Crippen LogP contribution in [0.15, 0.2) is 12.4 Å². The highest BCUT2D eigenvalue weighted by atomic mass is 16.5. The average molecular weight is 168 g/mol. The lowest BCUT2D eigenvalue weighted by molar-refractivity contribution is 0.183. The first-order valence-electron chi connectivity index (χ1n) is 4.37. The van der Waals surface area contributed by atoms with E-state index in [-0.39, 0.29) is 0 Å². The molecule has 68 valence electrons. The van der Waals surface area contributed by atoms with E-state index in [4.69, 9.17) is 4.74 Å². The summed E-state index contributed by atoms with van der Waals surface area (Å²) in [6.07, 6.45) is 6.31. The smallest absolute Gasteiger partial charge is 0.0658 e. The number of hydrogen-bond donors (Lipinski definition) is 0. The number of methoxy groups -OCH3 is 1. The molecule has 3 heteroatoms. The molecule has 0 bridgehead atoms. The lowest BCUT2D eigenvalue weighted by Gasteiger charge is -1.98. The summed E-state index contributed by atoms with van der Waals surface area (Å²) in [6, 6.07) is 0. The number of nitrogens with zero attached hydrogens (tertiary/aromatic N) is 2. The minimum absolute atomic E-state index is 0.729. The molecule has 1 heterocycles. The van der Waals surface area contributed by atoms with Crippen LogP contribution in [0.3, 0.4) is 0 Å². The lowest BCUT2D eigenvalue weighted by Crippen LogP contribution is -2.03. The van der Waals surface area contributed by atoms with Crippen LogP contribution in [-0.4, -0.2) is 23.5 Å². The molecule has 0 aliphatic rings. The SMILES string of the molecule is CCCc1cnn(CCOC)c1. The molecule has 1 aromatic rings. The Kier molecular flexibility index (Phi) is 3.80. The van der Waals surface area contributed by atoms with Gasteiger partial charge in [0.25, 0.3) is 0 Å². The summed E-state index contributed by atoms with van der Waals surface area (Å²) in [6.45, 7) is 3.75. The predicted molar refractivity (Wildman–Crippen MR) is 48.1 cm³/mol. The van der Waals surface area contributed by atoms with E-state index in [0.29, 0.717) is 0 Å². The maximum atomic E-state index is 4.95. The Balaban J connectivity index is 2.41. The second-order valence-electron chi connectivity index (χ2n) is 2.85. The normalized spacial score (nSPS) is 10.5. The van der Waals surface area contributed by atoms with Crippen LogP contribution in [0, 0.1) is 0 Å². The van der Waals surface area contributed by atoms with Crippen molar-refractivity contribution in [2.75, 3.05) is 13.7 Å². The number of rotatable bonds is 5. The van der Waals surface area contributed by atoms with Gasteiger partial charge in [0.05, 0.1) is 19.3 Å². The van der Waals surface area contributed by atoms with Crippen molar-refractivity contribution in [1.82, 2.24) is 9.78 Å². The standard InChI is InChI=1S/C9H16N2O/c1-3-4-9-7-10-11(8-9)5-6-12-2/h7-8H,3-6H2,1-2H3. The van der Waals surface area contributed by atoms with Crippen LogP contribution in [0.5, 0.6) is 0 Å². The van der Waals surface area contributed by atoms with E-state index in [1.165, 1.54) is 12.0 Å². The molecule has 0 saturated heterocycles. The molecule has 1 rings (SSSR count). The van der Waals surface area contributed by atoms with Crippen molar-refractivity contribution in [3.63, 3.8) is 0 Å². The van der Waals surface area contributed by atoms with E-state index in [0.717, 1.165) is 19.6 Å². The largest absolute Gasteiger partial charge is 0.383 e. The van der Waals surface area contributed by atoms with Crippen molar-refractivity contribution < 1.29 is 4.74 Å². The third-order valence-corrected chi connectivity index (χ3v) is 1.75. The van der Waals surface area contributed by atoms with Crippen LogP contribution < -0.4 is 0 Å². The van der Waals surface area contributed by atoms with Gasteiger partial charge in [-0.15, -0.1) is 0 Å².